The van der Waals surface area contributed by atoms with Gasteiger partial charge in [-0.15, -0.1) is 11.6 Å². The van der Waals surface area contributed by atoms with Crippen LogP contribution >= 0.6 is 11.6 Å². The number of benzene rings is 3. The number of carbonyl (C=O) groups is 2. The van der Waals surface area contributed by atoms with Gasteiger partial charge in [0.2, 0.25) is 11.8 Å². The molecule has 13 nitrogen and oxygen atoms in total. The van der Waals surface area contributed by atoms with Gasteiger partial charge in [-0.1, -0.05) is 30.3 Å². The SMILES string of the molecule is CN(CCCCOc1ccc(Oc2ccc(N(Cc3ccccc3)C(=O)CCl)cc2)cc1)CC1CCC(n2cc(N(C)C(=O)c3coc(-c4ccnc(NCC5CC5)c4)n3)c(C(F)F)n2)CC1. The maximum absolute atomic E-state index is 14.3. The van der Waals surface area contributed by atoms with Crippen LogP contribution in [0.3, 0.4) is 0 Å². The maximum Gasteiger partial charge on any atom is 0.284 e. The van der Waals surface area contributed by atoms with E-state index >= 15 is 0 Å². The van der Waals surface area contributed by atoms with Gasteiger partial charge in [-0.2, -0.15) is 5.10 Å². The number of nitrogens with one attached hydrogen (secondary N) is 1. The number of hydrogen-bond donors (Lipinski definition) is 1. The normalized spacial score (nSPS) is 16.0. The van der Waals surface area contributed by atoms with Crippen molar-refractivity contribution in [2.75, 3.05) is 61.3 Å². The summed E-state index contributed by atoms with van der Waals surface area (Å²) in [5, 5.41) is 7.63. The van der Waals surface area contributed by atoms with Gasteiger partial charge in [0, 0.05) is 43.8 Å². The summed E-state index contributed by atoms with van der Waals surface area (Å²) in [5.41, 5.74) is 2.04. The van der Waals surface area contributed by atoms with E-state index in [1.165, 1.54) is 31.1 Å². The van der Waals surface area contributed by atoms with Gasteiger partial charge in [-0.3, -0.25) is 14.3 Å². The number of halogens is 3. The third kappa shape index (κ3) is 12.8. The molecule has 3 aromatic carbocycles. The van der Waals surface area contributed by atoms with Crippen molar-refractivity contribution in [2.24, 2.45) is 11.8 Å². The molecular weight excluding hydrogens is 878 g/mol. The molecule has 0 aliphatic heterocycles. The molecule has 2 aliphatic carbocycles. The summed E-state index contributed by atoms with van der Waals surface area (Å²) < 4.78 is 48.0. The molecule has 0 atom stereocenters. The van der Waals surface area contributed by atoms with Gasteiger partial charge in [0.1, 0.15) is 35.2 Å². The zero-order chi connectivity index (χ0) is 46.7. The van der Waals surface area contributed by atoms with Crippen molar-refractivity contribution >= 4 is 40.6 Å². The number of ether oxygens (including phenoxy) is 2. The minimum Gasteiger partial charge on any atom is -0.494 e. The Labute approximate surface area is 395 Å². The summed E-state index contributed by atoms with van der Waals surface area (Å²) in [5.74, 6) is 3.34. The third-order valence-corrected chi connectivity index (χ3v) is 12.6. The first-order valence-electron chi connectivity index (χ1n) is 23.0. The van der Waals surface area contributed by atoms with Crippen LogP contribution in [0, 0.1) is 11.8 Å². The number of rotatable bonds is 22. The van der Waals surface area contributed by atoms with E-state index < -0.39 is 18.0 Å². The summed E-state index contributed by atoms with van der Waals surface area (Å²) in [6.45, 7) is 3.76. The first-order valence-corrected chi connectivity index (χ1v) is 23.5. The van der Waals surface area contributed by atoms with Crippen molar-refractivity contribution in [3.8, 4) is 28.7 Å². The number of nitrogens with zero attached hydrogens (tertiary/aromatic N) is 7. The fourth-order valence-electron chi connectivity index (χ4n) is 8.41. The molecule has 67 heavy (non-hydrogen) atoms. The molecule has 3 heterocycles. The summed E-state index contributed by atoms with van der Waals surface area (Å²) in [4.78, 5) is 40.1. The molecule has 0 unspecified atom stereocenters. The minimum atomic E-state index is -2.86. The number of oxazole rings is 1. The van der Waals surface area contributed by atoms with E-state index in [2.05, 4.69) is 32.3 Å². The maximum atomic E-state index is 14.3. The Morgan fingerprint density at radius 2 is 1.60 bits per heavy atom. The lowest BCUT2D eigenvalue weighted by Gasteiger charge is -2.31. The largest absolute Gasteiger partial charge is 0.494 e. The van der Waals surface area contributed by atoms with Gasteiger partial charge in [-0.05, 0) is 143 Å². The molecule has 0 saturated heterocycles. The highest BCUT2D eigenvalue weighted by Gasteiger charge is 2.30. The zero-order valence-electron chi connectivity index (χ0n) is 37.9. The molecule has 8 rings (SSSR count). The highest BCUT2D eigenvalue weighted by molar-refractivity contribution is 6.29. The molecule has 352 valence electrons. The summed E-state index contributed by atoms with van der Waals surface area (Å²) in [6, 6.07) is 28.2. The first kappa shape index (κ1) is 47.2. The van der Waals surface area contributed by atoms with Crippen molar-refractivity contribution in [1.29, 1.82) is 0 Å². The third-order valence-electron chi connectivity index (χ3n) is 12.4. The molecule has 0 spiro atoms. The predicted molar refractivity (Wildman–Crippen MR) is 255 cm³/mol. The second kappa shape index (κ2) is 22.4. The highest BCUT2D eigenvalue weighted by atomic mass is 35.5. The Balaban J connectivity index is 0.740. The van der Waals surface area contributed by atoms with Crippen molar-refractivity contribution in [2.45, 2.75) is 70.4 Å². The van der Waals surface area contributed by atoms with Gasteiger partial charge in [0.05, 0.1) is 24.9 Å². The van der Waals surface area contributed by atoms with Crippen molar-refractivity contribution in [1.82, 2.24) is 24.6 Å². The topological polar surface area (TPSA) is 131 Å². The second-order valence-electron chi connectivity index (χ2n) is 17.5. The average Bonchev–Trinajstić information content (AvgIpc) is 3.85. The van der Waals surface area contributed by atoms with Crippen LogP contribution < -0.4 is 24.6 Å². The van der Waals surface area contributed by atoms with Crippen molar-refractivity contribution in [3.63, 3.8) is 0 Å². The average molecular weight is 936 g/mol. The fourth-order valence-corrected chi connectivity index (χ4v) is 8.55. The minimum absolute atomic E-state index is 0.00991. The van der Waals surface area contributed by atoms with Crippen LogP contribution in [0.4, 0.5) is 26.0 Å². The molecule has 6 aromatic rings. The number of amides is 2. The molecule has 2 amide bonds. The van der Waals surface area contributed by atoms with Gasteiger partial charge in [-0.25, -0.2) is 18.7 Å². The van der Waals surface area contributed by atoms with E-state index in [1.54, 1.807) is 28.0 Å². The van der Waals surface area contributed by atoms with Gasteiger partial charge < -0.3 is 33.9 Å². The number of alkyl halides is 3. The van der Waals surface area contributed by atoms with Gasteiger partial charge >= 0.3 is 0 Å². The monoisotopic (exact) mass is 934 g/mol. The summed E-state index contributed by atoms with van der Waals surface area (Å²) in [6.07, 6.45) is 9.46. The fraction of sp³-hybridized carbons (Fsp3) is 0.392. The van der Waals surface area contributed by atoms with Gasteiger partial charge in [0.25, 0.3) is 12.3 Å². The standard InChI is InChI=1S/C51H57ClF2N8O5/c1-59(26-6-7-27-65-41-20-22-43(23-21-41)67-42-18-16-39(17-19-42)61(47(63)29-52)32-36-8-4-3-5-9-36)31-37-12-14-40(15-13-37)62-33-45(48(58-62)49(53)54)60(2)51(64)44-34-66-50(57-44)38-24-25-55-46(28-38)56-30-35-10-11-35/h3-5,8-9,16-25,28,33-35,37,40,49H,6-7,10-15,26-27,29-32H2,1-2H3,(H,55,56). The zero-order valence-corrected chi connectivity index (χ0v) is 38.7. The first-order chi connectivity index (χ1) is 32.6. The number of unbranched alkanes of at least 4 members (excludes halogenated alkanes) is 1. The Bertz CT molecular complexity index is 2530. The lowest BCUT2D eigenvalue weighted by atomic mass is 9.86. The lowest BCUT2D eigenvalue weighted by molar-refractivity contribution is -0.116. The number of aromatic nitrogens is 4. The van der Waals surface area contributed by atoms with Crippen molar-refractivity contribution < 1.29 is 32.3 Å². The van der Waals surface area contributed by atoms with E-state index in [9.17, 15) is 18.4 Å². The van der Waals surface area contributed by atoms with E-state index in [0.717, 1.165) is 75.2 Å². The number of anilines is 3. The molecule has 3 aromatic heterocycles. The number of carbonyl (C=O) groups excluding carboxylic acids is 2. The van der Waals surface area contributed by atoms with E-state index in [1.807, 2.05) is 84.9 Å². The van der Waals surface area contributed by atoms with E-state index in [4.69, 9.17) is 25.5 Å². The molecular formula is C51H57ClF2N8O5. The molecule has 1 N–H and O–H groups in total. The number of pyridine rings is 1. The van der Waals surface area contributed by atoms with Crippen LogP contribution in [0.15, 0.2) is 114 Å². The molecule has 2 aliphatic rings. The molecule has 16 heteroatoms. The Morgan fingerprint density at radius 3 is 2.30 bits per heavy atom. The highest BCUT2D eigenvalue weighted by Crippen LogP contribution is 2.37. The molecule has 2 saturated carbocycles. The smallest absolute Gasteiger partial charge is 0.284 e. The number of hydrogen-bond acceptors (Lipinski definition) is 10. The van der Waals surface area contributed by atoms with Crippen LogP contribution in [-0.2, 0) is 11.3 Å². The second-order valence-corrected chi connectivity index (χ2v) is 17.8. The Kier molecular flexibility index (Phi) is 15.8. The van der Waals surface area contributed by atoms with Crippen LogP contribution in [0.2, 0.25) is 0 Å². The summed E-state index contributed by atoms with van der Waals surface area (Å²) >= 11 is 5.92. The van der Waals surface area contributed by atoms with Crippen LogP contribution in [0.1, 0.15) is 85.6 Å². The van der Waals surface area contributed by atoms with Crippen LogP contribution in [0.5, 0.6) is 17.2 Å². The Hall–Kier alpha value is -6.32. The van der Waals surface area contributed by atoms with Crippen LogP contribution in [-0.4, -0.2) is 82.7 Å². The van der Waals surface area contributed by atoms with E-state index in [-0.39, 0.29) is 35.1 Å². The predicted octanol–water partition coefficient (Wildman–Crippen LogP) is 11.1. The van der Waals surface area contributed by atoms with E-state index in [0.29, 0.717) is 47.9 Å². The molecule has 0 bridgehead atoms. The molecule has 0 radical (unpaired) electrons. The van der Waals surface area contributed by atoms with Crippen molar-refractivity contribution in [3.05, 3.63) is 127 Å². The summed E-state index contributed by atoms with van der Waals surface area (Å²) in [7, 11) is 3.60. The quantitative estimate of drug-likeness (QED) is 0.0518. The van der Waals surface area contributed by atoms with Crippen LogP contribution in [0.25, 0.3) is 11.5 Å². The lowest BCUT2D eigenvalue weighted by Crippen LogP contribution is -2.31. The van der Waals surface area contributed by atoms with Gasteiger partial charge in [0.15, 0.2) is 11.4 Å². The Morgan fingerprint density at radius 1 is 0.896 bits per heavy atom. The molecule has 2 fully saturated rings.